The molecule has 1 N–H and O–H groups in total. The maximum absolute atomic E-state index is 13.2. The predicted octanol–water partition coefficient (Wildman–Crippen LogP) is 2.72. The standard InChI is InChI=1S/C20H21N3O4S2/c1-27-15-8-5-9-16-17(15)21-20(28-16)22-19(24)18(14-6-3-2-4-7-14)23-10-12-29(25,26)13-11-23/h2-9,18H,10-13H2,1H3,(H,21,22,24). The highest BCUT2D eigenvalue weighted by atomic mass is 32.2. The zero-order valence-corrected chi connectivity index (χ0v) is 17.5. The van der Waals surface area contributed by atoms with Crippen LogP contribution in [0.15, 0.2) is 48.5 Å². The number of anilines is 1. The summed E-state index contributed by atoms with van der Waals surface area (Å²) < 4.78 is 29.9. The molecule has 0 spiro atoms. The summed E-state index contributed by atoms with van der Waals surface area (Å²) in [7, 11) is -1.45. The number of thiazole rings is 1. The second-order valence-electron chi connectivity index (χ2n) is 6.82. The molecule has 1 amide bonds. The number of nitrogens with one attached hydrogen (secondary N) is 1. The van der Waals surface area contributed by atoms with Crippen molar-refractivity contribution < 1.29 is 17.9 Å². The van der Waals surface area contributed by atoms with Gasteiger partial charge in [0.2, 0.25) is 5.91 Å². The van der Waals surface area contributed by atoms with E-state index in [9.17, 15) is 13.2 Å². The maximum Gasteiger partial charge on any atom is 0.248 e. The van der Waals surface area contributed by atoms with Gasteiger partial charge in [-0.05, 0) is 17.7 Å². The number of sulfone groups is 1. The predicted molar refractivity (Wildman–Crippen MR) is 114 cm³/mol. The van der Waals surface area contributed by atoms with E-state index in [0.717, 1.165) is 10.3 Å². The third-order valence-electron chi connectivity index (χ3n) is 4.94. The number of carbonyl (C=O) groups is 1. The summed E-state index contributed by atoms with van der Waals surface area (Å²) in [5, 5.41) is 3.41. The first-order valence-corrected chi connectivity index (χ1v) is 11.8. The summed E-state index contributed by atoms with van der Waals surface area (Å²) in [6.45, 7) is 0.645. The average Bonchev–Trinajstić information content (AvgIpc) is 3.12. The molecule has 1 atom stereocenters. The van der Waals surface area contributed by atoms with Gasteiger partial charge in [0.25, 0.3) is 0 Å². The van der Waals surface area contributed by atoms with E-state index in [1.54, 1.807) is 7.11 Å². The number of nitrogens with zero attached hydrogens (tertiary/aromatic N) is 2. The molecule has 1 aromatic heterocycles. The lowest BCUT2D eigenvalue weighted by Gasteiger charge is -2.33. The number of aromatic nitrogens is 1. The van der Waals surface area contributed by atoms with Crippen molar-refractivity contribution in [2.45, 2.75) is 6.04 Å². The number of amides is 1. The molecule has 7 nitrogen and oxygen atoms in total. The van der Waals surface area contributed by atoms with Crippen molar-refractivity contribution in [3.63, 3.8) is 0 Å². The zero-order chi connectivity index (χ0) is 20.4. The molecule has 1 aliphatic rings. The summed E-state index contributed by atoms with van der Waals surface area (Å²) in [6.07, 6.45) is 0. The van der Waals surface area contributed by atoms with Crippen LogP contribution in [-0.4, -0.2) is 55.9 Å². The Morgan fingerprint density at radius 3 is 2.55 bits per heavy atom. The molecule has 1 unspecified atom stereocenters. The van der Waals surface area contributed by atoms with Gasteiger partial charge in [0.1, 0.15) is 17.3 Å². The first kappa shape index (κ1) is 19.8. The first-order valence-electron chi connectivity index (χ1n) is 9.21. The van der Waals surface area contributed by atoms with Gasteiger partial charge < -0.3 is 10.1 Å². The Kier molecular flexibility index (Phi) is 5.53. The minimum atomic E-state index is -3.04. The molecule has 1 fully saturated rings. The number of methoxy groups -OCH3 is 1. The number of benzene rings is 2. The molecule has 3 aromatic rings. The quantitative estimate of drug-likeness (QED) is 0.668. The Morgan fingerprint density at radius 2 is 1.86 bits per heavy atom. The van der Waals surface area contributed by atoms with Crippen LogP contribution in [0.3, 0.4) is 0 Å². The van der Waals surface area contributed by atoms with Crippen molar-refractivity contribution in [3.8, 4) is 5.75 Å². The highest BCUT2D eigenvalue weighted by Gasteiger charge is 2.33. The second-order valence-corrected chi connectivity index (χ2v) is 10.2. The SMILES string of the molecule is COc1cccc2sc(NC(=O)C(c3ccccc3)N3CCS(=O)(=O)CC3)nc12. The zero-order valence-electron chi connectivity index (χ0n) is 15.9. The molecule has 0 bridgehead atoms. The van der Waals surface area contributed by atoms with Crippen LogP contribution in [0.25, 0.3) is 10.2 Å². The van der Waals surface area contributed by atoms with E-state index >= 15 is 0 Å². The van der Waals surface area contributed by atoms with Crippen molar-refractivity contribution in [2.24, 2.45) is 0 Å². The smallest absolute Gasteiger partial charge is 0.248 e. The van der Waals surface area contributed by atoms with Crippen molar-refractivity contribution in [2.75, 3.05) is 37.0 Å². The van der Waals surface area contributed by atoms with Crippen molar-refractivity contribution in [1.29, 1.82) is 0 Å². The number of ether oxygens (including phenoxy) is 1. The normalized spacial score (nSPS) is 17.7. The van der Waals surface area contributed by atoms with Gasteiger partial charge >= 0.3 is 0 Å². The van der Waals surface area contributed by atoms with Gasteiger partial charge in [-0.1, -0.05) is 47.7 Å². The lowest BCUT2D eigenvalue weighted by molar-refractivity contribution is -0.121. The van der Waals surface area contributed by atoms with E-state index in [0.29, 0.717) is 29.5 Å². The Morgan fingerprint density at radius 1 is 1.14 bits per heavy atom. The summed E-state index contributed by atoms with van der Waals surface area (Å²) in [5.41, 5.74) is 1.53. The lowest BCUT2D eigenvalue weighted by atomic mass is 10.0. The van der Waals surface area contributed by atoms with Gasteiger partial charge in [0.15, 0.2) is 15.0 Å². The van der Waals surface area contributed by atoms with Crippen LogP contribution in [-0.2, 0) is 14.6 Å². The fourth-order valence-electron chi connectivity index (χ4n) is 3.46. The van der Waals surface area contributed by atoms with Gasteiger partial charge in [0.05, 0.1) is 23.3 Å². The fourth-order valence-corrected chi connectivity index (χ4v) is 5.58. The second kappa shape index (κ2) is 8.10. The molecular weight excluding hydrogens is 410 g/mol. The van der Waals surface area contributed by atoms with Gasteiger partial charge in [-0.25, -0.2) is 13.4 Å². The van der Waals surface area contributed by atoms with E-state index in [2.05, 4.69) is 10.3 Å². The molecule has 2 heterocycles. The fraction of sp³-hybridized carbons (Fsp3) is 0.300. The molecule has 29 heavy (non-hydrogen) atoms. The van der Waals surface area contributed by atoms with Crippen molar-refractivity contribution >= 4 is 42.4 Å². The maximum atomic E-state index is 13.2. The molecular formula is C20H21N3O4S2. The Balaban J connectivity index is 1.62. The van der Waals surface area contributed by atoms with Crippen molar-refractivity contribution in [3.05, 3.63) is 54.1 Å². The highest BCUT2D eigenvalue weighted by Crippen LogP contribution is 2.33. The molecule has 2 aromatic carbocycles. The largest absolute Gasteiger partial charge is 0.494 e. The minimum Gasteiger partial charge on any atom is -0.494 e. The van der Waals surface area contributed by atoms with Crippen LogP contribution in [0, 0.1) is 0 Å². The molecule has 0 radical (unpaired) electrons. The number of rotatable bonds is 5. The van der Waals surface area contributed by atoms with Crippen molar-refractivity contribution in [1.82, 2.24) is 9.88 Å². The molecule has 0 saturated carbocycles. The van der Waals surface area contributed by atoms with Crippen LogP contribution >= 0.6 is 11.3 Å². The first-order chi connectivity index (χ1) is 14.0. The summed E-state index contributed by atoms with van der Waals surface area (Å²) in [4.78, 5) is 19.7. The molecule has 9 heteroatoms. The van der Waals surface area contributed by atoms with Gasteiger partial charge in [0, 0.05) is 13.1 Å². The molecule has 1 saturated heterocycles. The minimum absolute atomic E-state index is 0.0575. The Labute approximate surface area is 173 Å². The molecule has 1 aliphatic heterocycles. The van der Waals surface area contributed by atoms with Gasteiger partial charge in [-0.2, -0.15) is 0 Å². The average molecular weight is 432 g/mol. The van der Waals surface area contributed by atoms with Crippen LogP contribution in [0.2, 0.25) is 0 Å². The topological polar surface area (TPSA) is 88.6 Å². The van der Waals surface area contributed by atoms with E-state index in [4.69, 9.17) is 4.74 Å². The van der Waals surface area contributed by atoms with E-state index in [-0.39, 0.29) is 17.4 Å². The van der Waals surface area contributed by atoms with Crippen LogP contribution in [0.4, 0.5) is 5.13 Å². The number of fused-ring (bicyclic) bond motifs is 1. The lowest BCUT2D eigenvalue weighted by Crippen LogP contribution is -2.46. The van der Waals surface area contributed by atoms with Crippen LogP contribution in [0.5, 0.6) is 5.75 Å². The molecule has 4 rings (SSSR count). The summed E-state index contributed by atoms with van der Waals surface area (Å²) >= 11 is 1.38. The Bertz CT molecular complexity index is 1120. The van der Waals surface area contributed by atoms with Crippen LogP contribution < -0.4 is 10.1 Å². The van der Waals surface area contributed by atoms with Crippen LogP contribution in [0.1, 0.15) is 11.6 Å². The highest BCUT2D eigenvalue weighted by molar-refractivity contribution is 7.91. The number of hydrogen-bond donors (Lipinski definition) is 1. The molecule has 0 aliphatic carbocycles. The van der Waals surface area contributed by atoms with E-state index in [1.165, 1.54) is 11.3 Å². The van der Waals surface area contributed by atoms with E-state index < -0.39 is 15.9 Å². The Hall–Kier alpha value is -2.49. The molecule has 152 valence electrons. The number of para-hydroxylation sites is 1. The van der Waals surface area contributed by atoms with E-state index in [1.807, 2.05) is 53.4 Å². The summed E-state index contributed by atoms with van der Waals surface area (Å²) in [5.74, 6) is 0.540. The van der Waals surface area contributed by atoms with Gasteiger partial charge in [-0.15, -0.1) is 0 Å². The monoisotopic (exact) mass is 431 g/mol. The number of hydrogen-bond acceptors (Lipinski definition) is 7. The third kappa shape index (κ3) is 4.26. The number of carbonyl (C=O) groups excluding carboxylic acids is 1. The summed E-state index contributed by atoms with van der Waals surface area (Å²) in [6, 6.07) is 14.5. The third-order valence-corrected chi connectivity index (χ3v) is 7.49. The van der Waals surface area contributed by atoms with Gasteiger partial charge in [-0.3, -0.25) is 9.69 Å².